The van der Waals surface area contributed by atoms with Gasteiger partial charge in [0.05, 0.1) is 19.8 Å². The fraction of sp³-hybridized carbons (Fsp3) is 0.423. The van der Waals surface area contributed by atoms with Crippen LogP contribution in [0.1, 0.15) is 55.8 Å². The first-order chi connectivity index (χ1) is 14.9. The fourth-order valence-corrected chi connectivity index (χ4v) is 6.02. The fourth-order valence-electron chi connectivity index (χ4n) is 6.02. The van der Waals surface area contributed by atoms with E-state index in [1.807, 2.05) is 12.1 Å². The lowest BCUT2D eigenvalue weighted by Gasteiger charge is -2.48. The van der Waals surface area contributed by atoms with Gasteiger partial charge >= 0.3 is 0 Å². The quantitative estimate of drug-likeness (QED) is 0.635. The molecule has 1 saturated carbocycles. The molecule has 1 fully saturated rings. The number of Topliss-reactive ketones (excluding diaryl/α,β-unsaturated/α-hetero) is 1. The smallest absolute Gasteiger partial charge is 0.164 e. The third kappa shape index (κ3) is 3.14. The van der Waals surface area contributed by atoms with Gasteiger partial charge in [-0.15, -0.1) is 0 Å². The van der Waals surface area contributed by atoms with Crippen LogP contribution in [-0.4, -0.2) is 31.5 Å². The Morgan fingerprint density at radius 2 is 1.81 bits per heavy atom. The minimum Gasteiger partial charge on any atom is -0.493 e. The normalized spacial score (nSPS) is 24.9. The number of H-pyrrole nitrogens is 1. The number of aromatic nitrogens is 1. The van der Waals surface area contributed by atoms with Gasteiger partial charge < -0.3 is 19.8 Å². The lowest BCUT2D eigenvalue weighted by atomic mass is 9.63. The number of carbonyl (C=O) groups is 1. The summed E-state index contributed by atoms with van der Waals surface area (Å²) in [5.41, 5.74) is 4.21. The molecular weight excluding hydrogens is 388 g/mol. The van der Waals surface area contributed by atoms with Crippen molar-refractivity contribution in [3.05, 3.63) is 59.3 Å². The van der Waals surface area contributed by atoms with Crippen LogP contribution in [0.5, 0.6) is 11.5 Å². The first-order valence-electron chi connectivity index (χ1n) is 11.0. The highest BCUT2D eigenvalue weighted by molar-refractivity contribution is 5.88. The van der Waals surface area contributed by atoms with Crippen LogP contribution in [0.15, 0.2) is 42.5 Å². The Morgan fingerprint density at radius 3 is 2.55 bits per heavy atom. The van der Waals surface area contributed by atoms with Gasteiger partial charge in [0.1, 0.15) is 5.78 Å². The number of ether oxygens (including phenoxy) is 2. The average molecular weight is 419 g/mol. The highest BCUT2D eigenvalue weighted by atomic mass is 16.5. The Hall–Kier alpha value is -2.79. The van der Waals surface area contributed by atoms with E-state index in [4.69, 9.17) is 9.47 Å². The molecule has 0 unspecified atom stereocenters. The van der Waals surface area contributed by atoms with Gasteiger partial charge in [0.25, 0.3) is 0 Å². The number of rotatable bonds is 3. The number of fused-ring (bicyclic) bond motifs is 4. The minimum absolute atomic E-state index is 0.0443. The monoisotopic (exact) mass is 418 g/mol. The molecule has 2 N–H and O–H groups in total. The molecule has 2 aromatic carbocycles. The van der Waals surface area contributed by atoms with Crippen LogP contribution in [0.25, 0.3) is 10.9 Å². The van der Waals surface area contributed by atoms with Crippen molar-refractivity contribution in [2.24, 2.45) is 5.41 Å². The lowest BCUT2D eigenvalue weighted by molar-refractivity contribution is -0.126. The molecule has 2 aliphatic rings. The molecule has 1 aliphatic heterocycles. The Bertz CT molecular complexity index is 1160. The molecule has 0 radical (unpaired) electrons. The molecule has 162 valence electrons. The van der Waals surface area contributed by atoms with E-state index in [0.717, 1.165) is 41.2 Å². The molecule has 1 aromatic heterocycles. The molecule has 5 nitrogen and oxygen atoms in total. The molecule has 5 heteroatoms. The average Bonchev–Trinajstić information content (AvgIpc) is 3.13. The summed E-state index contributed by atoms with van der Waals surface area (Å²) in [5, 5.41) is 5.04. The van der Waals surface area contributed by atoms with Gasteiger partial charge in [-0.3, -0.25) is 4.79 Å². The summed E-state index contributed by atoms with van der Waals surface area (Å²) in [6.07, 6.45) is 2.09. The number of hydrogen-bond acceptors (Lipinski definition) is 4. The maximum Gasteiger partial charge on any atom is 0.164 e. The number of para-hydroxylation sites is 2. The Morgan fingerprint density at radius 1 is 1.00 bits per heavy atom. The number of carbonyl (C=O) groups excluding carboxylic acids is 1. The standard InChI is InChI=1S/C26H30N2O3/c1-25(2)12-16(29)13-26(15-25)24-22(18-8-5-6-10-20(18)28-24)19(14-27-26)17-9-7-11-21(30-3)23(17)31-4/h5-11,19,27-28H,12-15H2,1-4H3/t19-,26-/m1/s1. The van der Waals surface area contributed by atoms with Crippen molar-refractivity contribution in [3.63, 3.8) is 0 Å². The van der Waals surface area contributed by atoms with Crippen LogP contribution in [0, 0.1) is 5.41 Å². The van der Waals surface area contributed by atoms with Crippen LogP contribution in [0.3, 0.4) is 0 Å². The Balaban J connectivity index is 1.74. The van der Waals surface area contributed by atoms with Gasteiger partial charge in [-0.05, 0) is 29.5 Å². The largest absolute Gasteiger partial charge is 0.493 e. The summed E-state index contributed by atoms with van der Waals surface area (Å²) in [6, 6.07) is 14.5. The zero-order chi connectivity index (χ0) is 21.8. The molecule has 1 spiro atoms. The predicted molar refractivity (Wildman–Crippen MR) is 122 cm³/mol. The zero-order valence-corrected chi connectivity index (χ0v) is 18.7. The van der Waals surface area contributed by atoms with E-state index < -0.39 is 0 Å². The summed E-state index contributed by atoms with van der Waals surface area (Å²) >= 11 is 0. The molecule has 2 atom stereocenters. The zero-order valence-electron chi connectivity index (χ0n) is 18.7. The van der Waals surface area contributed by atoms with Gasteiger partial charge in [0.15, 0.2) is 11.5 Å². The maximum absolute atomic E-state index is 12.8. The van der Waals surface area contributed by atoms with E-state index in [1.54, 1.807) is 14.2 Å². The number of ketones is 1. The SMILES string of the molecule is COc1cccc([C@H]2CN[C@@]3(CC(=O)CC(C)(C)C3)c3[nH]c4ccccc4c32)c1OC. The summed E-state index contributed by atoms with van der Waals surface area (Å²) in [6.45, 7) is 5.14. The van der Waals surface area contributed by atoms with Gasteiger partial charge in [0.2, 0.25) is 0 Å². The topological polar surface area (TPSA) is 63.3 Å². The second-order valence-electron chi connectivity index (χ2n) is 9.79. The van der Waals surface area contributed by atoms with Crippen molar-refractivity contribution >= 4 is 16.7 Å². The van der Waals surface area contributed by atoms with Crippen molar-refractivity contribution in [1.29, 1.82) is 0 Å². The summed E-state index contributed by atoms with van der Waals surface area (Å²) in [7, 11) is 3.36. The first kappa shape index (κ1) is 20.1. The van der Waals surface area contributed by atoms with Crippen LogP contribution in [0.2, 0.25) is 0 Å². The minimum atomic E-state index is -0.365. The van der Waals surface area contributed by atoms with Crippen molar-refractivity contribution in [3.8, 4) is 11.5 Å². The van der Waals surface area contributed by atoms with E-state index in [2.05, 4.69) is 54.5 Å². The van der Waals surface area contributed by atoms with E-state index >= 15 is 0 Å². The van der Waals surface area contributed by atoms with Gasteiger partial charge in [-0.2, -0.15) is 0 Å². The molecule has 0 saturated heterocycles. The molecular formula is C26H30N2O3. The van der Waals surface area contributed by atoms with Crippen molar-refractivity contribution in [1.82, 2.24) is 10.3 Å². The molecule has 3 aromatic rings. The molecule has 2 heterocycles. The number of benzene rings is 2. The third-order valence-electron chi connectivity index (χ3n) is 6.98. The molecule has 0 bridgehead atoms. The first-order valence-corrected chi connectivity index (χ1v) is 11.0. The van der Waals surface area contributed by atoms with Crippen LogP contribution < -0.4 is 14.8 Å². The van der Waals surface area contributed by atoms with Crippen molar-refractivity contribution in [2.45, 2.75) is 44.6 Å². The lowest BCUT2D eigenvalue weighted by Crippen LogP contribution is -2.55. The molecule has 1 aliphatic carbocycles. The van der Waals surface area contributed by atoms with E-state index in [1.165, 1.54) is 10.9 Å². The second-order valence-corrected chi connectivity index (χ2v) is 9.79. The van der Waals surface area contributed by atoms with Gasteiger partial charge in [-0.25, -0.2) is 0 Å². The van der Waals surface area contributed by atoms with Gasteiger partial charge in [0, 0.05) is 47.5 Å². The highest BCUT2D eigenvalue weighted by Gasteiger charge is 2.50. The van der Waals surface area contributed by atoms with Crippen molar-refractivity contribution in [2.75, 3.05) is 20.8 Å². The Kier molecular flexibility index (Phi) is 4.63. The van der Waals surface area contributed by atoms with E-state index in [-0.39, 0.29) is 16.9 Å². The van der Waals surface area contributed by atoms with Gasteiger partial charge in [-0.1, -0.05) is 44.2 Å². The number of nitrogens with one attached hydrogen (secondary N) is 2. The summed E-state index contributed by atoms with van der Waals surface area (Å²) in [4.78, 5) is 16.5. The maximum atomic E-state index is 12.8. The summed E-state index contributed by atoms with van der Waals surface area (Å²) < 4.78 is 11.4. The highest BCUT2D eigenvalue weighted by Crippen LogP contribution is 2.52. The number of aromatic amines is 1. The summed E-state index contributed by atoms with van der Waals surface area (Å²) in [5.74, 6) is 1.91. The molecule has 0 amide bonds. The van der Waals surface area contributed by atoms with Crippen molar-refractivity contribution < 1.29 is 14.3 Å². The van der Waals surface area contributed by atoms with Crippen LogP contribution in [-0.2, 0) is 10.3 Å². The van der Waals surface area contributed by atoms with E-state index in [0.29, 0.717) is 18.6 Å². The Labute approximate surface area is 183 Å². The third-order valence-corrected chi connectivity index (χ3v) is 6.98. The van der Waals surface area contributed by atoms with Crippen LogP contribution in [0.4, 0.5) is 0 Å². The van der Waals surface area contributed by atoms with E-state index in [9.17, 15) is 4.79 Å². The number of methoxy groups -OCH3 is 2. The van der Waals surface area contributed by atoms with Crippen LogP contribution >= 0.6 is 0 Å². The molecule has 5 rings (SSSR count). The number of hydrogen-bond donors (Lipinski definition) is 2. The second kappa shape index (κ2) is 7.13. The molecule has 31 heavy (non-hydrogen) atoms. The predicted octanol–water partition coefficient (Wildman–Crippen LogP) is 4.89.